The normalized spacial score (nSPS) is 21.8. The van der Waals surface area contributed by atoms with Gasteiger partial charge in [0, 0.05) is 32.2 Å². The lowest BCUT2D eigenvalue weighted by Crippen LogP contribution is -2.57. The molecule has 1 aliphatic rings. The summed E-state index contributed by atoms with van der Waals surface area (Å²) < 4.78 is 0. The van der Waals surface area contributed by atoms with E-state index in [0.717, 1.165) is 32.6 Å². The van der Waals surface area contributed by atoms with E-state index in [9.17, 15) is 4.79 Å². The minimum absolute atomic E-state index is 0.103. The van der Waals surface area contributed by atoms with Crippen LogP contribution in [0.2, 0.25) is 0 Å². The van der Waals surface area contributed by atoms with Gasteiger partial charge >= 0.3 is 0 Å². The summed E-state index contributed by atoms with van der Waals surface area (Å²) >= 11 is 0. The van der Waals surface area contributed by atoms with E-state index in [0.29, 0.717) is 6.04 Å². The third-order valence-electron chi connectivity index (χ3n) is 4.04. The quantitative estimate of drug-likeness (QED) is 0.827. The van der Waals surface area contributed by atoms with Crippen LogP contribution in [0.5, 0.6) is 0 Å². The molecule has 0 aliphatic carbocycles. The van der Waals surface area contributed by atoms with E-state index in [1.54, 1.807) is 0 Å². The van der Waals surface area contributed by atoms with E-state index in [2.05, 4.69) is 18.7 Å². The minimum Gasteiger partial charge on any atom is -0.339 e. The van der Waals surface area contributed by atoms with Crippen molar-refractivity contribution in [2.45, 2.75) is 53.1 Å². The van der Waals surface area contributed by atoms with Crippen LogP contribution in [-0.4, -0.2) is 54.0 Å². The summed E-state index contributed by atoms with van der Waals surface area (Å²) in [6.45, 7) is 14.1. The second kappa shape index (κ2) is 6.02. The van der Waals surface area contributed by atoms with Crippen molar-refractivity contribution in [2.24, 2.45) is 11.1 Å². The Morgan fingerprint density at radius 3 is 2.11 bits per heavy atom. The van der Waals surface area contributed by atoms with Gasteiger partial charge in [0.05, 0.1) is 6.04 Å². The lowest BCUT2D eigenvalue weighted by Gasteiger charge is -2.40. The molecule has 106 valence electrons. The molecular weight excluding hydrogens is 226 g/mol. The summed E-state index contributed by atoms with van der Waals surface area (Å²) in [4.78, 5) is 16.6. The Balaban J connectivity index is 2.50. The maximum atomic E-state index is 12.3. The van der Waals surface area contributed by atoms with Gasteiger partial charge in [-0.05, 0) is 18.8 Å². The van der Waals surface area contributed by atoms with Gasteiger partial charge in [0.2, 0.25) is 5.91 Å². The maximum Gasteiger partial charge on any atom is 0.240 e. The molecule has 1 fully saturated rings. The van der Waals surface area contributed by atoms with Crippen LogP contribution < -0.4 is 5.73 Å². The number of nitrogens with zero attached hydrogens (tertiary/aromatic N) is 2. The Kier molecular flexibility index (Phi) is 5.17. The van der Waals surface area contributed by atoms with Crippen molar-refractivity contribution in [3.8, 4) is 0 Å². The molecule has 2 atom stereocenters. The lowest BCUT2D eigenvalue weighted by molar-refractivity contribution is -0.137. The first-order valence-corrected chi connectivity index (χ1v) is 7.05. The summed E-state index contributed by atoms with van der Waals surface area (Å²) in [6, 6.07) is 0.214. The van der Waals surface area contributed by atoms with Gasteiger partial charge in [-0.1, -0.05) is 27.7 Å². The van der Waals surface area contributed by atoms with Crippen LogP contribution in [0.1, 0.15) is 41.0 Å². The highest BCUT2D eigenvalue weighted by Crippen LogP contribution is 2.20. The largest absolute Gasteiger partial charge is 0.339 e. The number of rotatable bonds is 3. The van der Waals surface area contributed by atoms with Crippen LogP contribution in [0.4, 0.5) is 0 Å². The number of amides is 1. The Morgan fingerprint density at radius 1 is 1.22 bits per heavy atom. The monoisotopic (exact) mass is 255 g/mol. The molecule has 0 aromatic heterocycles. The first-order chi connectivity index (χ1) is 8.27. The second-order valence-corrected chi connectivity index (χ2v) is 6.46. The fourth-order valence-electron chi connectivity index (χ4n) is 2.21. The molecule has 1 aliphatic heterocycles. The van der Waals surface area contributed by atoms with E-state index >= 15 is 0 Å². The van der Waals surface area contributed by atoms with Crippen LogP contribution >= 0.6 is 0 Å². The molecule has 4 nitrogen and oxygen atoms in total. The predicted octanol–water partition coefficient (Wildman–Crippen LogP) is 1.30. The van der Waals surface area contributed by atoms with Crippen molar-refractivity contribution in [2.75, 3.05) is 26.2 Å². The summed E-state index contributed by atoms with van der Waals surface area (Å²) in [5.41, 5.74) is 5.88. The highest BCUT2D eigenvalue weighted by atomic mass is 16.2. The van der Waals surface area contributed by atoms with Crippen LogP contribution in [0.3, 0.4) is 0 Å². The summed E-state index contributed by atoms with van der Waals surface area (Å²) in [7, 11) is 0. The highest BCUT2D eigenvalue weighted by molar-refractivity contribution is 5.82. The Bertz CT molecular complexity index is 277. The lowest BCUT2D eigenvalue weighted by atomic mass is 9.86. The van der Waals surface area contributed by atoms with Crippen molar-refractivity contribution in [3.05, 3.63) is 0 Å². The van der Waals surface area contributed by atoms with Gasteiger partial charge in [-0.25, -0.2) is 0 Å². The number of piperazine rings is 1. The summed E-state index contributed by atoms with van der Waals surface area (Å²) in [5, 5.41) is 0. The predicted molar refractivity (Wildman–Crippen MR) is 75.3 cm³/mol. The molecule has 1 rings (SSSR count). The Hall–Kier alpha value is -0.610. The number of hydrogen-bond donors (Lipinski definition) is 1. The zero-order chi connectivity index (χ0) is 13.9. The van der Waals surface area contributed by atoms with Crippen molar-refractivity contribution < 1.29 is 4.79 Å². The fraction of sp³-hybridized carbons (Fsp3) is 0.929. The molecule has 1 saturated heterocycles. The average Bonchev–Trinajstić information content (AvgIpc) is 2.35. The third-order valence-corrected chi connectivity index (χ3v) is 4.04. The van der Waals surface area contributed by atoms with Gasteiger partial charge in [-0.2, -0.15) is 0 Å². The minimum atomic E-state index is -0.396. The number of carbonyl (C=O) groups excluding carboxylic acids is 1. The smallest absolute Gasteiger partial charge is 0.240 e. The first-order valence-electron chi connectivity index (χ1n) is 7.05. The Labute approximate surface area is 111 Å². The molecule has 0 saturated carbocycles. The van der Waals surface area contributed by atoms with E-state index in [1.807, 2.05) is 25.7 Å². The van der Waals surface area contributed by atoms with Gasteiger partial charge in [-0.3, -0.25) is 9.69 Å². The second-order valence-electron chi connectivity index (χ2n) is 6.46. The van der Waals surface area contributed by atoms with Crippen molar-refractivity contribution >= 4 is 5.91 Å². The summed E-state index contributed by atoms with van der Waals surface area (Å²) in [6.07, 6.45) is 1.16. The SMILES string of the molecule is CCC(C)N1CCN(C(=O)[C@@H](N)C(C)(C)C)CC1. The molecule has 0 radical (unpaired) electrons. The number of carbonyl (C=O) groups is 1. The number of hydrogen-bond acceptors (Lipinski definition) is 3. The Morgan fingerprint density at radius 2 is 1.72 bits per heavy atom. The highest BCUT2D eigenvalue weighted by Gasteiger charge is 2.32. The van der Waals surface area contributed by atoms with Crippen LogP contribution in [0, 0.1) is 5.41 Å². The van der Waals surface area contributed by atoms with E-state index < -0.39 is 6.04 Å². The first kappa shape index (κ1) is 15.4. The van der Waals surface area contributed by atoms with Crippen LogP contribution in [0.15, 0.2) is 0 Å². The van der Waals surface area contributed by atoms with Crippen LogP contribution in [0.25, 0.3) is 0 Å². The molecule has 2 N–H and O–H groups in total. The zero-order valence-electron chi connectivity index (χ0n) is 12.6. The summed E-state index contributed by atoms with van der Waals surface area (Å²) in [5.74, 6) is 0.103. The molecule has 0 bridgehead atoms. The standard InChI is InChI=1S/C14H29N3O/c1-6-11(2)16-7-9-17(10-8-16)13(18)12(15)14(3,4)5/h11-12H,6-10,15H2,1-5H3/t11?,12-/m1/s1. The topological polar surface area (TPSA) is 49.6 Å². The molecule has 0 spiro atoms. The molecule has 18 heavy (non-hydrogen) atoms. The molecular formula is C14H29N3O. The number of nitrogens with two attached hydrogens (primary N) is 1. The van der Waals surface area contributed by atoms with Gasteiger partial charge in [-0.15, -0.1) is 0 Å². The maximum absolute atomic E-state index is 12.3. The van der Waals surface area contributed by atoms with E-state index in [4.69, 9.17) is 5.73 Å². The molecule has 1 unspecified atom stereocenters. The van der Waals surface area contributed by atoms with Crippen molar-refractivity contribution in [1.82, 2.24) is 9.80 Å². The van der Waals surface area contributed by atoms with Crippen molar-refractivity contribution in [3.63, 3.8) is 0 Å². The van der Waals surface area contributed by atoms with Gasteiger partial charge in [0.15, 0.2) is 0 Å². The molecule has 0 aromatic rings. The van der Waals surface area contributed by atoms with Crippen molar-refractivity contribution in [1.29, 1.82) is 0 Å². The van der Waals surface area contributed by atoms with E-state index in [-0.39, 0.29) is 11.3 Å². The molecule has 1 heterocycles. The zero-order valence-corrected chi connectivity index (χ0v) is 12.6. The molecule has 1 amide bonds. The van der Waals surface area contributed by atoms with Gasteiger partial charge in [0.25, 0.3) is 0 Å². The van der Waals surface area contributed by atoms with Gasteiger partial charge in [0.1, 0.15) is 0 Å². The third kappa shape index (κ3) is 3.69. The molecule has 0 aromatic carbocycles. The van der Waals surface area contributed by atoms with Crippen LogP contribution in [-0.2, 0) is 4.79 Å². The average molecular weight is 255 g/mol. The fourth-order valence-corrected chi connectivity index (χ4v) is 2.21. The van der Waals surface area contributed by atoms with Gasteiger partial charge < -0.3 is 10.6 Å². The van der Waals surface area contributed by atoms with E-state index in [1.165, 1.54) is 0 Å². The molecule has 4 heteroatoms.